The lowest BCUT2D eigenvalue weighted by Gasteiger charge is -2.44. The number of carbonyl (C=O) groups excluding carboxylic acids is 1. The second kappa shape index (κ2) is 2.88. The van der Waals surface area contributed by atoms with Crippen molar-refractivity contribution < 1.29 is 9.53 Å². The van der Waals surface area contributed by atoms with E-state index in [1.807, 2.05) is 4.90 Å². The van der Waals surface area contributed by atoms with E-state index in [2.05, 4.69) is 20.8 Å². The molecular weight excluding hydrogens is 178 g/mol. The zero-order valence-electron chi connectivity index (χ0n) is 9.30. The Morgan fingerprint density at radius 3 is 2.79 bits per heavy atom. The predicted molar refractivity (Wildman–Crippen MR) is 54.1 cm³/mol. The number of ether oxygens (including phenoxy) is 1. The van der Waals surface area contributed by atoms with Gasteiger partial charge in [-0.1, -0.05) is 6.92 Å². The van der Waals surface area contributed by atoms with Crippen LogP contribution in [0.4, 0.5) is 4.79 Å². The number of piperidine rings is 1. The van der Waals surface area contributed by atoms with Crippen molar-refractivity contribution in [1.29, 1.82) is 0 Å². The van der Waals surface area contributed by atoms with Crippen LogP contribution in [-0.2, 0) is 4.74 Å². The molecule has 80 valence electrons. The van der Waals surface area contributed by atoms with E-state index in [1.165, 1.54) is 6.42 Å². The van der Waals surface area contributed by atoms with Gasteiger partial charge in [0, 0.05) is 6.54 Å². The average molecular weight is 197 g/mol. The monoisotopic (exact) mass is 197 g/mol. The van der Waals surface area contributed by atoms with Crippen LogP contribution >= 0.6 is 0 Å². The molecular formula is C11H19NO2. The highest BCUT2D eigenvalue weighted by Gasteiger charge is 2.59. The first-order valence-electron chi connectivity index (χ1n) is 5.54. The topological polar surface area (TPSA) is 29.5 Å². The smallest absolute Gasteiger partial charge is 0.410 e. The van der Waals surface area contributed by atoms with Gasteiger partial charge >= 0.3 is 6.09 Å². The number of hydrogen-bond donors (Lipinski definition) is 0. The molecule has 0 aliphatic carbocycles. The Hall–Kier alpha value is -0.730. The maximum atomic E-state index is 11.7. The molecule has 0 radical (unpaired) electrons. The van der Waals surface area contributed by atoms with Crippen molar-refractivity contribution in [2.24, 2.45) is 0 Å². The fourth-order valence-electron chi connectivity index (χ4n) is 2.77. The Morgan fingerprint density at radius 1 is 1.43 bits per heavy atom. The van der Waals surface area contributed by atoms with Gasteiger partial charge in [-0.25, -0.2) is 4.79 Å². The van der Waals surface area contributed by atoms with Crippen LogP contribution in [-0.4, -0.2) is 28.7 Å². The molecule has 2 aliphatic heterocycles. The van der Waals surface area contributed by atoms with Gasteiger partial charge < -0.3 is 4.74 Å². The van der Waals surface area contributed by atoms with Crippen molar-refractivity contribution in [1.82, 2.24) is 4.90 Å². The summed E-state index contributed by atoms with van der Waals surface area (Å²) in [7, 11) is 0. The summed E-state index contributed by atoms with van der Waals surface area (Å²) in [6, 6.07) is 0. The van der Waals surface area contributed by atoms with Crippen molar-refractivity contribution in [3.8, 4) is 0 Å². The van der Waals surface area contributed by atoms with Gasteiger partial charge in [0.15, 0.2) is 0 Å². The number of hydrogen-bond acceptors (Lipinski definition) is 2. The van der Waals surface area contributed by atoms with Gasteiger partial charge in [-0.3, -0.25) is 4.90 Å². The molecule has 3 nitrogen and oxygen atoms in total. The maximum absolute atomic E-state index is 11.7. The van der Waals surface area contributed by atoms with E-state index in [-0.39, 0.29) is 17.2 Å². The van der Waals surface area contributed by atoms with Crippen LogP contribution in [0.15, 0.2) is 0 Å². The van der Waals surface area contributed by atoms with Crippen LogP contribution in [0.3, 0.4) is 0 Å². The second-order valence-corrected chi connectivity index (χ2v) is 4.83. The van der Waals surface area contributed by atoms with Gasteiger partial charge in [-0.05, 0) is 39.5 Å². The standard InChI is InChI=1S/C11H19NO2/c1-4-11(3)10(2)7-5-6-8-12(10)9(13)14-11/h4-8H2,1-3H3/t10?,11-/m1/s1. The van der Waals surface area contributed by atoms with Crippen LogP contribution in [0.25, 0.3) is 0 Å². The minimum Gasteiger partial charge on any atom is -0.441 e. The Labute approximate surface area is 85.4 Å². The molecule has 0 N–H and O–H groups in total. The van der Waals surface area contributed by atoms with Crippen molar-refractivity contribution in [2.75, 3.05) is 6.54 Å². The molecule has 0 bridgehead atoms. The van der Waals surface area contributed by atoms with Crippen molar-refractivity contribution >= 4 is 6.09 Å². The normalized spacial score (nSPS) is 42.2. The second-order valence-electron chi connectivity index (χ2n) is 4.83. The largest absolute Gasteiger partial charge is 0.441 e. The minimum atomic E-state index is -0.287. The van der Waals surface area contributed by atoms with Crippen LogP contribution in [0.5, 0.6) is 0 Å². The molecule has 2 aliphatic rings. The fraction of sp³-hybridized carbons (Fsp3) is 0.909. The third-order valence-corrected chi connectivity index (χ3v) is 4.24. The highest BCUT2D eigenvalue weighted by molar-refractivity contribution is 5.72. The highest BCUT2D eigenvalue weighted by Crippen LogP contribution is 2.46. The highest BCUT2D eigenvalue weighted by atomic mass is 16.6. The molecule has 0 aromatic heterocycles. The molecule has 0 saturated carbocycles. The van der Waals surface area contributed by atoms with Gasteiger partial charge in [0.05, 0.1) is 5.54 Å². The lowest BCUT2D eigenvalue weighted by atomic mass is 9.75. The van der Waals surface area contributed by atoms with Crippen LogP contribution in [0.2, 0.25) is 0 Å². The molecule has 1 unspecified atom stereocenters. The Bertz CT molecular complexity index is 266. The van der Waals surface area contributed by atoms with Crippen molar-refractivity contribution in [2.45, 2.75) is 57.6 Å². The molecule has 0 spiro atoms. The third kappa shape index (κ3) is 1.01. The number of fused-ring (bicyclic) bond motifs is 1. The maximum Gasteiger partial charge on any atom is 0.410 e. The van der Waals surface area contributed by atoms with Gasteiger partial charge in [0.2, 0.25) is 0 Å². The number of cyclic esters (lactones) is 1. The molecule has 2 atom stereocenters. The molecule has 3 heteroatoms. The summed E-state index contributed by atoms with van der Waals surface area (Å²) in [6.07, 6.45) is 4.18. The first-order chi connectivity index (χ1) is 6.53. The fourth-order valence-corrected chi connectivity index (χ4v) is 2.77. The predicted octanol–water partition coefficient (Wildman–Crippen LogP) is 2.55. The molecule has 1 amide bonds. The van der Waals surface area contributed by atoms with E-state index in [1.54, 1.807) is 0 Å². The van der Waals surface area contributed by atoms with E-state index in [9.17, 15) is 4.79 Å². The van der Waals surface area contributed by atoms with Crippen molar-refractivity contribution in [3.05, 3.63) is 0 Å². The van der Waals surface area contributed by atoms with E-state index in [4.69, 9.17) is 4.74 Å². The summed E-state index contributed by atoms with van der Waals surface area (Å²) in [6.45, 7) is 7.19. The molecule has 2 saturated heterocycles. The molecule has 14 heavy (non-hydrogen) atoms. The summed E-state index contributed by atoms with van der Waals surface area (Å²) in [5, 5.41) is 0. The summed E-state index contributed by atoms with van der Waals surface area (Å²) in [4.78, 5) is 13.6. The minimum absolute atomic E-state index is 0.0723. The molecule has 2 fully saturated rings. The van der Waals surface area contributed by atoms with Crippen LogP contribution in [0.1, 0.15) is 46.5 Å². The van der Waals surface area contributed by atoms with E-state index in [0.717, 1.165) is 25.8 Å². The van der Waals surface area contributed by atoms with E-state index < -0.39 is 0 Å². The molecule has 0 aromatic carbocycles. The molecule has 0 aromatic rings. The Balaban J connectivity index is 2.36. The number of amides is 1. The number of nitrogens with zero attached hydrogens (tertiary/aromatic N) is 1. The first-order valence-corrected chi connectivity index (χ1v) is 5.54. The van der Waals surface area contributed by atoms with Gasteiger partial charge in [0.25, 0.3) is 0 Å². The lowest BCUT2D eigenvalue weighted by Crippen LogP contribution is -2.56. The summed E-state index contributed by atoms with van der Waals surface area (Å²) in [5.74, 6) is 0. The van der Waals surface area contributed by atoms with Gasteiger partial charge in [0.1, 0.15) is 5.60 Å². The van der Waals surface area contributed by atoms with Gasteiger partial charge in [-0.15, -0.1) is 0 Å². The van der Waals surface area contributed by atoms with E-state index >= 15 is 0 Å². The average Bonchev–Trinajstić information content (AvgIpc) is 2.36. The molecule has 2 heterocycles. The SMILES string of the molecule is CC[C@@]1(C)OC(=O)N2CCCCC21C. The third-order valence-electron chi connectivity index (χ3n) is 4.24. The first kappa shape index (κ1) is 9.81. The van der Waals surface area contributed by atoms with Crippen LogP contribution in [0, 0.1) is 0 Å². The van der Waals surface area contributed by atoms with Crippen molar-refractivity contribution in [3.63, 3.8) is 0 Å². The quantitative estimate of drug-likeness (QED) is 0.646. The summed E-state index contributed by atoms with van der Waals surface area (Å²) < 4.78 is 5.54. The van der Waals surface area contributed by atoms with E-state index in [0.29, 0.717) is 0 Å². The van der Waals surface area contributed by atoms with Gasteiger partial charge in [-0.2, -0.15) is 0 Å². The Kier molecular flexibility index (Phi) is 2.02. The number of rotatable bonds is 1. The summed E-state index contributed by atoms with van der Waals surface area (Å²) >= 11 is 0. The zero-order valence-corrected chi connectivity index (χ0v) is 9.30. The zero-order chi connectivity index (χ0) is 10.4. The Morgan fingerprint density at radius 2 is 2.14 bits per heavy atom. The molecule has 2 rings (SSSR count). The lowest BCUT2D eigenvalue weighted by molar-refractivity contribution is -0.00886. The van der Waals surface area contributed by atoms with Crippen LogP contribution < -0.4 is 0 Å². The summed E-state index contributed by atoms with van der Waals surface area (Å²) in [5.41, 5.74) is -0.360. The number of carbonyl (C=O) groups is 1.